The van der Waals surface area contributed by atoms with Crippen LogP contribution in [0, 0.1) is 11.3 Å². The first kappa shape index (κ1) is 7.74. The van der Waals surface area contributed by atoms with Crippen molar-refractivity contribution in [2.24, 2.45) is 0 Å². The molecule has 0 amide bonds. The highest BCUT2D eigenvalue weighted by atomic mass is 35.5. The summed E-state index contributed by atoms with van der Waals surface area (Å²) in [5, 5.41) is 16.7. The number of aliphatic hydroxyl groups excluding tert-OH is 1. The number of halogens is 1. The van der Waals surface area contributed by atoms with Crippen molar-refractivity contribution in [2.75, 3.05) is 5.88 Å². The van der Waals surface area contributed by atoms with Gasteiger partial charge in [-0.05, 0) is 6.42 Å². The van der Waals surface area contributed by atoms with Crippen molar-refractivity contribution in [2.45, 2.75) is 18.9 Å². The van der Waals surface area contributed by atoms with Gasteiger partial charge in [0.15, 0.2) is 0 Å². The van der Waals surface area contributed by atoms with E-state index in [1.807, 2.05) is 6.07 Å². The van der Waals surface area contributed by atoms with Gasteiger partial charge in [-0.15, -0.1) is 11.6 Å². The van der Waals surface area contributed by atoms with Crippen molar-refractivity contribution in [3.05, 3.63) is 0 Å². The second-order valence-corrected chi connectivity index (χ2v) is 1.81. The topological polar surface area (TPSA) is 44.0 Å². The maximum Gasteiger partial charge on any atom is 0.0685 e. The molecule has 0 bridgehead atoms. The Morgan fingerprint density at radius 3 is 2.75 bits per heavy atom. The van der Waals surface area contributed by atoms with Crippen molar-refractivity contribution in [1.29, 1.82) is 5.26 Å². The molecule has 1 atom stereocenters. The molecule has 0 aliphatic carbocycles. The molecule has 0 aromatic carbocycles. The van der Waals surface area contributed by atoms with Crippen LogP contribution in [0.4, 0.5) is 0 Å². The molecule has 46 valence electrons. The Hall–Kier alpha value is -0.260. The zero-order chi connectivity index (χ0) is 6.41. The fourth-order valence-electron chi connectivity index (χ4n) is 0.308. The Morgan fingerprint density at radius 2 is 2.38 bits per heavy atom. The van der Waals surface area contributed by atoms with Crippen LogP contribution in [0.1, 0.15) is 12.8 Å². The number of rotatable bonds is 3. The standard InChI is InChI=1S/C5H8ClNO/c6-4-5(8)2-1-3-7/h5,8H,1-2,4H2/t5-/m1/s1. The molecule has 0 radical (unpaired) electrons. The van der Waals surface area contributed by atoms with E-state index in [2.05, 4.69) is 0 Å². The second-order valence-electron chi connectivity index (χ2n) is 1.50. The van der Waals surface area contributed by atoms with Crippen molar-refractivity contribution in [3.63, 3.8) is 0 Å². The van der Waals surface area contributed by atoms with E-state index >= 15 is 0 Å². The quantitative estimate of drug-likeness (QED) is 0.581. The minimum absolute atomic E-state index is 0.224. The summed E-state index contributed by atoms with van der Waals surface area (Å²) < 4.78 is 0. The van der Waals surface area contributed by atoms with Crippen LogP contribution in [0.5, 0.6) is 0 Å². The zero-order valence-corrected chi connectivity index (χ0v) is 5.23. The maximum absolute atomic E-state index is 8.71. The van der Waals surface area contributed by atoms with E-state index in [1.54, 1.807) is 0 Å². The van der Waals surface area contributed by atoms with Crippen molar-refractivity contribution >= 4 is 11.6 Å². The minimum Gasteiger partial charge on any atom is -0.392 e. The molecule has 0 saturated heterocycles. The lowest BCUT2D eigenvalue weighted by molar-refractivity contribution is 0.189. The molecule has 1 N–H and O–H groups in total. The average Bonchev–Trinajstić information content (AvgIpc) is 1.83. The van der Waals surface area contributed by atoms with E-state index in [0.29, 0.717) is 12.8 Å². The number of nitriles is 1. The summed E-state index contributed by atoms with van der Waals surface area (Å²) in [5.41, 5.74) is 0. The minimum atomic E-state index is -0.503. The van der Waals surface area contributed by atoms with Gasteiger partial charge >= 0.3 is 0 Å². The summed E-state index contributed by atoms with van der Waals surface area (Å²) in [4.78, 5) is 0. The van der Waals surface area contributed by atoms with Gasteiger partial charge in [-0.3, -0.25) is 0 Å². The van der Waals surface area contributed by atoms with E-state index < -0.39 is 6.10 Å². The van der Waals surface area contributed by atoms with Gasteiger partial charge in [-0.1, -0.05) is 0 Å². The van der Waals surface area contributed by atoms with Gasteiger partial charge in [0.05, 0.1) is 12.2 Å². The van der Waals surface area contributed by atoms with Crippen LogP contribution in [0.2, 0.25) is 0 Å². The highest BCUT2D eigenvalue weighted by Gasteiger charge is 1.98. The molecule has 3 heteroatoms. The SMILES string of the molecule is N#CCC[C@@H](O)CCl. The molecule has 0 aliphatic rings. The van der Waals surface area contributed by atoms with Crippen molar-refractivity contribution in [3.8, 4) is 6.07 Å². The van der Waals surface area contributed by atoms with Crippen LogP contribution in [0.25, 0.3) is 0 Å². The van der Waals surface area contributed by atoms with Gasteiger partial charge in [0.2, 0.25) is 0 Å². The predicted molar refractivity (Wildman–Crippen MR) is 31.6 cm³/mol. The third kappa shape index (κ3) is 3.91. The molecule has 0 aromatic rings. The Labute approximate surface area is 53.7 Å². The van der Waals surface area contributed by atoms with Gasteiger partial charge in [-0.25, -0.2) is 0 Å². The molecule has 0 fully saturated rings. The lowest BCUT2D eigenvalue weighted by Crippen LogP contribution is -2.06. The molecular formula is C5H8ClNO. The number of hydrogen-bond donors (Lipinski definition) is 1. The maximum atomic E-state index is 8.71. The fourth-order valence-corrected chi connectivity index (χ4v) is 0.463. The zero-order valence-electron chi connectivity index (χ0n) is 4.47. The molecular weight excluding hydrogens is 126 g/mol. The van der Waals surface area contributed by atoms with Gasteiger partial charge in [0, 0.05) is 12.3 Å². The number of hydrogen-bond acceptors (Lipinski definition) is 2. The second kappa shape index (κ2) is 4.89. The summed E-state index contributed by atoms with van der Waals surface area (Å²) in [7, 11) is 0. The highest BCUT2D eigenvalue weighted by Crippen LogP contribution is 1.96. The van der Waals surface area contributed by atoms with Crippen LogP contribution < -0.4 is 0 Å². The highest BCUT2D eigenvalue weighted by molar-refractivity contribution is 6.18. The molecule has 0 rings (SSSR count). The summed E-state index contributed by atoms with van der Waals surface area (Å²) in [6.07, 6.45) is 0.366. The lowest BCUT2D eigenvalue weighted by Gasteiger charge is -1.99. The number of aliphatic hydroxyl groups is 1. The van der Waals surface area contributed by atoms with Crippen molar-refractivity contribution in [1.82, 2.24) is 0 Å². The molecule has 0 saturated carbocycles. The largest absolute Gasteiger partial charge is 0.392 e. The van der Waals surface area contributed by atoms with E-state index in [1.165, 1.54) is 0 Å². The Kier molecular flexibility index (Phi) is 4.73. The lowest BCUT2D eigenvalue weighted by atomic mass is 10.2. The van der Waals surface area contributed by atoms with E-state index in [9.17, 15) is 0 Å². The monoisotopic (exact) mass is 133 g/mol. The smallest absolute Gasteiger partial charge is 0.0685 e. The third-order valence-corrected chi connectivity index (χ3v) is 1.12. The molecule has 0 spiro atoms. The Morgan fingerprint density at radius 1 is 1.75 bits per heavy atom. The molecule has 2 nitrogen and oxygen atoms in total. The first-order chi connectivity index (χ1) is 3.81. The summed E-state index contributed by atoms with van der Waals surface area (Å²) in [5.74, 6) is 0.224. The van der Waals surface area contributed by atoms with E-state index in [0.717, 1.165) is 0 Å². The molecule has 0 heterocycles. The Bertz CT molecular complexity index is 88.9. The van der Waals surface area contributed by atoms with Crippen LogP contribution >= 0.6 is 11.6 Å². The normalized spacial score (nSPS) is 12.6. The van der Waals surface area contributed by atoms with Crippen LogP contribution in [0.15, 0.2) is 0 Å². The molecule has 0 aromatic heterocycles. The average molecular weight is 134 g/mol. The van der Waals surface area contributed by atoms with Crippen LogP contribution in [0.3, 0.4) is 0 Å². The number of alkyl halides is 1. The van der Waals surface area contributed by atoms with Gasteiger partial charge in [0.1, 0.15) is 0 Å². The molecule has 8 heavy (non-hydrogen) atoms. The fraction of sp³-hybridized carbons (Fsp3) is 0.800. The molecule has 0 unspecified atom stereocenters. The third-order valence-electron chi connectivity index (χ3n) is 0.767. The van der Waals surface area contributed by atoms with Crippen LogP contribution in [-0.4, -0.2) is 17.1 Å². The van der Waals surface area contributed by atoms with E-state index in [-0.39, 0.29) is 5.88 Å². The van der Waals surface area contributed by atoms with Gasteiger partial charge < -0.3 is 5.11 Å². The predicted octanol–water partition coefficient (Wildman–Crippen LogP) is 0.890. The van der Waals surface area contributed by atoms with Gasteiger partial charge in [-0.2, -0.15) is 5.26 Å². The molecule has 0 aliphatic heterocycles. The summed E-state index contributed by atoms with van der Waals surface area (Å²) in [6, 6.07) is 1.91. The van der Waals surface area contributed by atoms with Gasteiger partial charge in [0.25, 0.3) is 0 Å². The first-order valence-corrected chi connectivity index (χ1v) is 2.95. The summed E-state index contributed by atoms with van der Waals surface area (Å²) >= 11 is 5.23. The van der Waals surface area contributed by atoms with Crippen LogP contribution in [-0.2, 0) is 0 Å². The van der Waals surface area contributed by atoms with E-state index in [4.69, 9.17) is 22.0 Å². The Balaban J connectivity index is 3.01. The summed E-state index contributed by atoms with van der Waals surface area (Å²) in [6.45, 7) is 0. The number of nitrogens with zero attached hydrogens (tertiary/aromatic N) is 1. The van der Waals surface area contributed by atoms with Crippen molar-refractivity contribution < 1.29 is 5.11 Å². The first-order valence-electron chi connectivity index (χ1n) is 2.42.